The van der Waals surface area contributed by atoms with E-state index in [1.165, 1.54) is 37.3 Å². The molecule has 1 fully saturated rings. The molecule has 2 aromatic rings. The molecule has 0 bridgehead atoms. The molecule has 3 atom stereocenters. The lowest BCUT2D eigenvalue weighted by Gasteiger charge is -2.38. The molecule has 0 aromatic heterocycles. The van der Waals surface area contributed by atoms with Crippen molar-refractivity contribution in [2.24, 2.45) is 5.41 Å². The molecule has 0 saturated carbocycles. The van der Waals surface area contributed by atoms with E-state index in [9.17, 15) is 24.0 Å². The van der Waals surface area contributed by atoms with Crippen molar-refractivity contribution in [2.45, 2.75) is 65.6 Å². The van der Waals surface area contributed by atoms with Crippen molar-refractivity contribution >= 4 is 35.4 Å². The standard InChI is InChI=1S/C30H32ClFN4O4/c1-17-10-20(6-8-26(17)40-24(15-37)11-18(2)34)28(38)35-19(3)29(39)36-25(7-9-27(36)30(4,5)16-33)21-12-22(31)14-23(32)13-21/h6,8,10-15,19,25,27,34H,7,9H2,1-5H3,(H,35,38)/b24-11+,34-18?/t19-,25?,27?/m1/s1. The number of benzene rings is 2. The van der Waals surface area contributed by atoms with Gasteiger partial charge in [0.2, 0.25) is 5.91 Å². The van der Waals surface area contributed by atoms with Crippen LogP contribution in [0.1, 0.15) is 68.1 Å². The summed E-state index contributed by atoms with van der Waals surface area (Å²) >= 11 is 6.10. The van der Waals surface area contributed by atoms with E-state index in [1.807, 2.05) is 0 Å². The molecular formula is C30H32ClFN4O4. The third kappa shape index (κ3) is 6.93. The number of aldehydes is 1. The number of carbonyl (C=O) groups excluding carboxylic acids is 3. The molecule has 3 rings (SSSR count). The lowest BCUT2D eigenvalue weighted by molar-refractivity contribution is -0.137. The normalized spacial score (nSPS) is 18.1. The third-order valence-corrected chi connectivity index (χ3v) is 7.11. The first kappa shape index (κ1) is 30.5. The van der Waals surface area contributed by atoms with Gasteiger partial charge in [0, 0.05) is 22.4 Å². The summed E-state index contributed by atoms with van der Waals surface area (Å²) in [4.78, 5) is 39.7. The summed E-state index contributed by atoms with van der Waals surface area (Å²) in [7, 11) is 0. The van der Waals surface area contributed by atoms with Crippen molar-refractivity contribution in [3.63, 3.8) is 0 Å². The van der Waals surface area contributed by atoms with E-state index in [4.69, 9.17) is 21.7 Å². The van der Waals surface area contributed by atoms with Crippen molar-refractivity contribution in [1.82, 2.24) is 10.2 Å². The Bertz CT molecular complexity index is 1390. The highest BCUT2D eigenvalue weighted by atomic mass is 35.5. The molecule has 2 aromatic carbocycles. The number of aryl methyl sites for hydroxylation is 1. The average Bonchev–Trinajstić information content (AvgIpc) is 3.34. The Morgan fingerprint density at radius 1 is 1.27 bits per heavy atom. The first-order valence-corrected chi connectivity index (χ1v) is 13.2. The molecule has 40 heavy (non-hydrogen) atoms. The predicted octanol–water partition coefficient (Wildman–Crippen LogP) is 5.69. The minimum Gasteiger partial charge on any atom is -0.454 e. The number of ether oxygens (including phenoxy) is 1. The summed E-state index contributed by atoms with van der Waals surface area (Å²) in [5.74, 6) is -1.12. The second-order valence-corrected chi connectivity index (χ2v) is 11.0. The van der Waals surface area contributed by atoms with E-state index in [1.54, 1.807) is 44.7 Å². The molecule has 1 aliphatic rings. The Morgan fingerprint density at radius 2 is 1.98 bits per heavy atom. The summed E-state index contributed by atoms with van der Waals surface area (Å²) < 4.78 is 19.7. The fourth-order valence-electron chi connectivity index (χ4n) is 4.89. The van der Waals surface area contributed by atoms with Gasteiger partial charge in [-0.25, -0.2) is 4.39 Å². The van der Waals surface area contributed by atoms with Crippen LogP contribution in [0.4, 0.5) is 4.39 Å². The van der Waals surface area contributed by atoms with Gasteiger partial charge in [0.25, 0.3) is 5.91 Å². The van der Waals surface area contributed by atoms with Gasteiger partial charge in [-0.05, 0) is 95.0 Å². The van der Waals surface area contributed by atoms with E-state index in [-0.39, 0.29) is 22.1 Å². The van der Waals surface area contributed by atoms with E-state index >= 15 is 0 Å². The summed E-state index contributed by atoms with van der Waals surface area (Å²) in [6.45, 7) is 8.28. The van der Waals surface area contributed by atoms with Crippen molar-refractivity contribution in [3.8, 4) is 11.8 Å². The van der Waals surface area contributed by atoms with Crippen molar-refractivity contribution in [3.05, 3.63) is 75.8 Å². The molecule has 2 N–H and O–H groups in total. The highest BCUT2D eigenvalue weighted by Gasteiger charge is 2.46. The van der Waals surface area contributed by atoms with Gasteiger partial charge in [-0.15, -0.1) is 0 Å². The molecule has 8 nitrogen and oxygen atoms in total. The van der Waals surface area contributed by atoms with Gasteiger partial charge in [0.15, 0.2) is 12.0 Å². The van der Waals surface area contributed by atoms with Crippen LogP contribution in [0.25, 0.3) is 0 Å². The molecule has 1 aliphatic heterocycles. The SMILES string of the molecule is CC(=N)/C=C(\C=O)Oc1ccc(C(=O)N[C@H](C)C(=O)N2C(c3cc(F)cc(Cl)c3)CCC2C(C)(C)C#N)cc1C. The van der Waals surface area contributed by atoms with Crippen LogP contribution in [-0.2, 0) is 9.59 Å². The molecule has 2 unspecified atom stereocenters. The number of halogens is 2. The quantitative estimate of drug-likeness (QED) is 0.175. The molecule has 0 radical (unpaired) electrons. The largest absolute Gasteiger partial charge is 0.454 e. The van der Waals surface area contributed by atoms with Gasteiger partial charge in [-0.1, -0.05) is 11.6 Å². The highest BCUT2D eigenvalue weighted by Crippen LogP contribution is 2.44. The first-order chi connectivity index (χ1) is 18.8. The molecule has 1 heterocycles. The Kier molecular flexibility index (Phi) is 9.48. The summed E-state index contributed by atoms with van der Waals surface area (Å²) in [6.07, 6.45) is 2.82. The zero-order chi connectivity index (χ0) is 29.8. The van der Waals surface area contributed by atoms with Crippen LogP contribution in [0.15, 0.2) is 48.2 Å². The fourth-order valence-corrected chi connectivity index (χ4v) is 5.12. The van der Waals surface area contributed by atoms with Gasteiger partial charge in [0.1, 0.15) is 17.6 Å². The maximum atomic E-state index is 14.2. The molecule has 1 saturated heterocycles. The number of nitriles is 1. The molecule has 210 valence electrons. The van der Waals surface area contributed by atoms with Gasteiger partial charge < -0.3 is 20.4 Å². The maximum Gasteiger partial charge on any atom is 0.251 e. The zero-order valence-corrected chi connectivity index (χ0v) is 23.8. The van der Waals surface area contributed by atoms with Crippen LogP contribution >= 0.6 is 11.6 Å². The highest BCUT2D eigenvalue weighted by molar-refractivity contribution is 6.30. The predicted molar refractivity (Wildman–Crippen MR) is 150 cm³/mol. The molecule has 0 aliphatic carbocycles. The van der Waals surface area contributed by atoms with Gasteiger partial charge in [-0.3, -0.25) is 14.4 Å². The Hall–Kier alpha value is -4.03. The molecule has 0 spiro atoms. The van der Waals surface area contributed by atoms with Crippen LogP contribution in [0.3, 0.4) is 0 Å². The minimum atomic E-state index is -0.953. The summed E-state index contributed by atoms with van der Waals surface area (Å²) in [5, 5.41) is 20.3. The molecule has 2 amide bonds. The number of likely N-dealkylation sites (tertiary alicyclic amines) is 1. The number of allylic oxidation sites excluding steroid dienone is 2. The van der Waals surface area contributed by atoms with Crippen molar-refractivity contribution in [2.75, 3.05) is 0 Å². The number of hydrogen-bond acceptors (Lipinski definition) is 6. The summed E-state index contributed by atoms with van der Waals surface area (Å²) in [5.41, 5.74) is 0.633. The molecule has 10 heteroatoms. The van der Waals surface area contributed by atoms with Crippen LogP contribution in [0.2, 0.25) is 5.02 Å². The topological polar surface area (TPSA) is 123 Å². The monoisotopic (exact) mass is 566 g/mol. The zero-order valence-electron chi connectivity index (χ0n) is 23.0. The van der Waals surface area contributed by atoms with Crippen molar-refractivity contribution in [1.29, 1.82) is 10.7 Å². The lowest BCUT2D eigenvalue weighted by Crippen LogP contribution is -2.52. The molecular weight excluding hydrogens is 535 g/mol. The van der Waals surface area contributed by atoms with E-state index in [2.05, 4.69) is 11.4 Å². The first-order valence-electron chi connectivity index (χ1n) is 12.8. The lowest BCUT2D eigenvalue weighted by atomic mass is 9.84. The number of hydrogen-bond donors (Lipinski definition) is 2. The van der Waals surface area contributed by atoms with E-state index < -0.39 is 41.2 Å². The Labute approximate surface area is 238 Å². The number of nitrogens with zero attached hydrogens (tertiary/aromatic N) is 2. The average molecular weight is 567 g/mol. The maximum absolute atomic E-state index is 14.2. The summed E-state index contributed by atoms with van der Waals surface area (Å²) in [6, 6.07) is 9.09. The second-order valence-electron chi connectivity index (χ2n) is 10.5. The Balaban J connectivity index is 1.84. The third-order valence-electron chi connectivity index (χ3n) is 6.89. The van der Waals surface area contributed by atoms with Gasteiger partial charge in [0.05, 0.1) is 23.6 Å². The van der Waals surface area contributed by atoms with Crippen LogP contribution in [0.5, 0.6) is 5.75 Å². The van der Waals surface area contributed by atoms with Crippen molar-refractivity contribution < 1.29 is 23.5 Å². The van der Waals surface area contributed by atoms with Gasteiger partial charge >= 0.3 is 0 Å². The van der Waals surface area contributed by atoms with Gasteiger partial charge in [-0.2, -0.15) is 5.26 Å². The smallest absolute Gasteiger partial charge is 0.251 e. The number of carbonyl (C=O) groups is 3. The number of rotatable bonds is 9. The fraction of sp³-hybridized carbons (Fsp3) is 0.367. The minimum absolute atomic E-state index is 0.0402. The Morgan fingerprint density at radius 3 is 2.55 bits per heavy atom. The number of amides is 2. The van der Waals surface area contributed by atoms with Crippen LogP contribution in [0, 0.1) is 34.9 Å². The van der Waals surface area contributed by atoms with Crippen LogP contribution in [-0.4, -0.2) is 40.8 Å². The van der Waals surface area contributed by atoms with E-state index in [0.717, 1.165) is 0 Å². The van der Waals surface area contributed by atoms with Crippen LogP contribution < -0.4 is 10.1 Å². The number of nitrogens with one attached hydrogen (secondary N) is 2. The van der Waals surface area contributed by atoms with E-state index in [0.29, 0.717) is 36.0 Å². The second kappa shape index (κ2) is 12.4.